The number of carbonyl (C=O) groups is 3. The topological polar surface area (TPSA) is 102 Å². The van der Waals surface area contributed by atoms with Gasteiger partial charge in [-0.15, -0.1) is 0 Å². The molecule has 0 aliphatic heterocycles. The second-order valence-electron chi connectivity index (χ2n) is 9.99. The summed E-state index contributed by atoms with van der Waals surface area (Å²) in [4.78, 5) is 38.0. The smallest absolute Gasteiger partial charge is 0.408 e. The van der Waals surface area contributed by atoms with Crippen LogP contribution in [0.5, 0.6) is 0 Å². The fourth-order valence-corrected chi connectivity index (χ4v) is 4.77. The zero-order valence-corrected chi connectivity index (χ0v) is 20.4. The lowest BCUT2D eigenvalue weighted by atomic mass is 9.63. The monoisotopic (exact) mass is 461 g/mol. The number of aliphatic carboxylic acids is 1. The van der Waals surface area contributed by atoms with Gasteiger partial charge < -0.3 is 19.9 Å². The van der Waals surface area contributed by atoms with Gasteiger partial charge in [0.05, 0.1) is 17.9 Å². The van der Waals surface area contributed by atoms with E-state index in [0.717, 1.165) is 31.2 Å². The number of esters is 1. The van der Waals surface area contributed by atoms with Crippen LogP contribution >= 0.6 is 0 Å². The molecule has 0 radical (unpaired) electrons. The van der Waals surface area contributed by atoms with Gasteiger partial charge in [0.2, 0.25) is 0 Å². The molecule has 1 aromatic rings. The molecule has 1 aliphatic rings. The van der Waals surface area contributed by atoms with Gasteiger partial charge in [0, 0.05) is 0 Å². The third-order valence-electron chi connectivity index (χ3n) is 6.28. The number of hydrogen-bond acceptors (Lipinski definition) is 5. The molecule has 7 nitrogen and oxygen atoms in total. The van der Waals surface area contributed by atoms with Crippen LogP contribution in [0.3, 0.4) is 0 Å². The Kier molecular flexibility index (Phi) is 9.74. The van der Waals surface area contributed by atoms with Crippen LogP contribution in [0.25, 0.3) is 0 Å². The minimum atomic E-state index is -1.06. The molecule has 1 saturated carbocycles. The van der Waals surface area contributed by atoms with Crippen LogP contribution in [0.15, 0.2) is 30.3 Å². The standard InChI is InChI=1S/C26H39NO6/c1-5-6-15-21(23(29)30)26(27-24(31)33-25(2,3)4)16-11-10-14-20(26)17-22(28)32-18-19-12-8-7-9-13-19/h7-9,12-13,20-21H,5-6,10-11,14-18H2,1-4H3,(H,27,31)(H,29,30). The van der Waals surface area contributed by atoms with Crippen molar-refractivity contribution in [3.05, 3.63) is 35.9 Å². The summed E-state index contributed by atoms with van der Waals surface area (Å²) in [5, 5.41) is 13.1. The van der Waals surface area contributed by atoms with Gasteiger partial charge in [0.15, 0.2) is 0 Å². The van der Waals surface area contributed by atoms with Crippen molar-refractivity contribution in [2.24, 2.45) is 11.8 Å². The summed E-state index contributed by atoms with van der Waals surface area (Å²) < 4.78 is 11.0. The highest BCUT2D eigenvalue weighted by Gasteiger charge is 2.51. The number of carbonyl (C=O) groups excluding carboxylic acids is 2. The van der Waals surface area contributed by atoms with E-state index in [2.05, 4.69) is 5.32 Å². The number of hydrogen-bond donors (Lipinski definition) is 2. The first-order valence-electron chi connectivity index (χ1n) is 12.0. The summed E-state index contributed by atoms with van der Waals surface area (Å²) in [6.45, 7) is 7.47. The highest BCUT2D eigenvalue weighted by molar-refractivity contribution is 5.76. The zero-order valence-electron chi connectivity index (χ0n) is 20.4. The van der Waals surface area contributed by atoms with Gasteiger partial charge in [-0.1, -0.05) is 62.9 Å². The molecule has 0 bridgehead atoms. The lowest BCUT2D eigenvalue weighted by molar-refractivity contribution is -0.153. The summed E-state index contributed by atoms with van der Waals surface area (Å²) in [7, 11) is 0. The molecular weight excluding hydrogens is 422 g/mol. The number of unbranched alkanes of at least 4 members (excludes halogenated alkanes) is 1. The van der Waals surface area contributed by atoms with Gasteiger partial charge >= 0.3 is 18.0 Å². The molecule has 2 N–H and O–H groups in total. The fraction of sp³-hybridized carbons (Fsp3) is 0.654. The number of carboxylic acid groups (broad SMARTS) is 1. The van der Waals surface area contributed by atoms with Crippen molar-refractivity contribution in [2.75, 3.05) is 0 Å². The predicted octanol–water partition coefficient (Wildman–Crippen LogP) is 5.46. The first-order chi connectivity index (χ1) is 15.6. The van der Waals surface area contributed by atoms with Crippen LogP contribution in [0.4, 0.5) is 4.79 Å². The molecule has 0 saturated heterocycles. The number of benzene rings is 1. The van der Waals surface area contributed by atoms with Gasteiger partial charge in [-0.3, -0.25) is 9.59 Å². The van der Waals surface area contributed by atoms with Crippen LogP contribution in [0, 0.1) is 11.8 Å². The minimum absolute atomic E-state index is 0.0541. The fourth-order valence-electron chi connectivity index (χ4n) is 4.77. The Labute approximate surface area is 197 Å². The first-order valence-corrected chi connectivity index (χ1v) is 12.0. The van der Waals surface area contributed by atoms with Crippen molar-refractivity contribution in [1.82, 2.24) is 5.32 Å². The van der Waals surface area contributed by atoms with E-state index in [4.69, 9.17) is 9.47 Å². The van der Waals surface area contributed by atoms with Crippen LogP contribution < -0.4 is 5.32 Å². The number of amides is 1. The molecule has 3 atom stereocenters. The molecular formula is C26H39NO6. The largest absolute Gasteiger partial charge is 0.481 e. The average Bonchev–Trinajstić information content (AvgIpc) is 2.73. The molecule has 1 amide bonds. The van der Waals surface area contributed by atoms with E-state index >= 15 is 0 Å². The molecule has 0 spiro atoms. The summed E-state index contributed by atoms with van der Waals surface area (Å²) in [5.74, 6) is -2.50. The van der Waals surface area contributed by atoms with Gasteiger partial charge in [-0.2, -0.15) is 0 Å². The molecule has 3 unspecified atom stereocenters. The molecule has 2 rings (SSSR count). The van der Waals surface area contributed by atoms with Crippen molar-refractivity contribution in [2.45, 2.75) is 96.8 Å². The molecule has 184 valence electrons. The number of ether oxygens (including phenoxy) is 2. The van der Waals surface area contributed by atoms with Gasteiger partial charge in [0.25, 0.3) is 0 Å². The Balaban J connectivity index is 2.27. The minimum Gasteiger partial charge on any atom is -0.481 e. The summed E-state index contributed by atoms with van der Waals surface area (Å²) in [5.41, 5.74) is -0.890. The van der Waals surface area contributed by atoms with Gasteiger partial charge in [-0.25, -0.2) is 4.79 Å². The zero-order chi connectivity index (χ0) is 24.5. The molecule has 0 aromatic heterocycles. The summed E-state index contributed by atoms with van der Waals surface area (Å²) >= 11 is 0. The Morgan fingerprint density at radius 3 is 2.48 bits per heavy atom. The summed E-state index contributed by atoms with van der Waals surface area (Å²) in [6.07, 6.45) is 4.19. The van der Waals surface area contributed by atoms with Crippen LogP contribution in [0.2, 0.25) is 0 Å². The molecule has 7 heteroatoms. The maximum Gasteiger partial charge on any atom is 0.408 e. The maximum atomic E-state index is 12.8. The third kappa shape index (κ3) is 8.06. The van der Waals surface area contributed by atoms with E-state index < -0.39 is 29.1 Å². The average molecular weight is 462 g/mol. The van der Waals surface area contributed by atoms with Crippen molar-refractivity contribution in [1.29, 1.82) is 0 Å². The summed E-state index contributed by atoms with van der Waals surface area (Å²) in [6, 6.07) is 9.42. The number of alkyl carbamates (subject to hydrolysis) is 1. The highest BCUT2D eigenvalue weighted by atomic mass is 16.6. The van der Waals surface area contributed by atoms with E-state index in [1.165, 1.54) is 0 Å². The van der Waals surface area contributed by atoms with Crippen molar-refractivity contribution in [3.63, 3.8) is 0 Å². The Morgan fingerprint density at radius 2 is 1.88 bits per heavy atom. The van der Waals surface area contributed by atoms with Crippen molar-refractivity contribution < 1.29 is 29.0 Å². The Hall–Kier alpha value is -2.57. The maximum absolute atomic E-state index is 12.8. The lowest BCUT2D eigenvalue weighted by Crippen LogP contribution is -2.62. The van der Waals surface area contributed by atoms with Crippen molar-refractivity contribution >= 4 is 18.0 Å². The van der Waals surface area contributed by atoms with Crippen LogP contribution in [0.1, 0.15) is 84.6 Å². The van der Waals surface area contributed by atoms with E-state index in [0.29, 0.717) is 19.3 Å². The SMILES string of the molecule is CCCCC(C(=O)O)C1(NC(=O)OC(C)(C)C)CCCCC1CC(=O)OCc1ccccc1. The number of rotatable bonds is 10. The quantitative estimate of drug-likeness (QED) is 0.448. The normalized spacial score (nSPS) is 21.6. The van der Waals surface area contributed by atoms with E-state index in [1.54, 1.807) is 20.8 Å². The molecule has 33 heavy (non-hydrogen) atoms. The van der Waals surface area contributed by atoms with Crippen LogP contribution in [-0.2, 0) is 25.7 Å². The van der Waals surface area contributed by atoms with Crippen molar-refractivity contribution in [3.8, 4) is 0 Å². The number of carboxylic acids is 1. The number of nitrogens with one attached hydrogen (secondary N) is 1. The molecule has 1 fully saturated rings. The molecule has 0 heterocycles. The van der Waals surface area contributed by atoms with Gasteiger partial charge in [0.1, 0.15) is 12.2 Å². The van der Waals surface area contributed by atoms with E-state index in [-0.39, 0.29) is 24.9 Å². The highest BCUT2D eigenvalue weighted by Crippen LogP contribution is 2.43. The Morgan fingerprint density at radius 1 is 1.18 bits per heavy atom. The molecule has 1 aliphatic carbocycles. The van der Waals surface area contributed by atoms with Gasteiger partial charge in [-0.05, 0) is 51.5 Å². The molecule has 1 aromatic carbocycles. The first kappa shape index (κ1) is 26.7. The second-order valence-corrected chi connectivity index (χ2v) is 9.99. The lowest BCUT2D eigenvalue weighted by Gasteiger charge is -2.48. The van der Waals surface area contributed by atoms with E-state index in [1.807, 2.05) is 37.3 Å². The predicted molar refractivity (Wildman–Crippen MR) is 126 cm³/mol. The second kappa shape index (κ2) is 12.1. The Bertz CT molecular complexity index is 788. The van der Waals surface area contributed by atoms with Crippen LogP contribution in [-0.4, -0.2) is 34.3 Å². The third-order valence-corrected chi connectivity index (χ3v) is 6.28. The van der Waals surface area contributed by atoms with E-state index in [9.17, 15) is 19.5 Å².